The number of aldehydes is 2. The average molecular weight is 212 g/mol. The molecular weight excluding hydrogens is 200 g/mol. The van der Waals surface area contributed by atoms with E-state index in [0.717, 1.165) is 11.1 Å². The number of benzene rings is 1. The van der Waals surface area contributed by atoms with Crippen molar-refractivity contribution in [2.45, 2.75) is 6.42 Å². The molecular formula is C14H12O2. The van der Waals surface area contributed by atoms with Gasteiger partial charge in [-0.15, -0.1) is 0 Å². The summed E-state index contributed by atoms with van der Waals surface area (Å²) in [5.41, 5.74) is 1.21. The SMILES string of the molecule is O=CC1(C=O)C=CC(c2ccccc2)=CC1. The van der Waals surface area contributed by atoms with Gasteiger partial charge in [-0.3, -0.25) is 0 Å². The Bertz CT molecular complexity index is 447. The summed E-state index contributed by atoms with van der Waals surface area (Å²) in [5.74, 6) is 0. The molecule has 80 valence electrons. The van der Waals surface area contributed by atoms with Crippen LogP contribution in [0.15, 0.2) is 48.6 Å². The van der Waals surface area contributed by atoms with Gasteiger partial charge in [0.2, 0.25) is 0 Å². The number of hydrogen-bond donors (Lipinski definition) is 0. The van der Waals surface area contributed by atoms with Crippen molar-refractivity contribution in [3.05, 3.63) is 54.1 Å². The number of carbonyl (C=O) groups excluding carboxylic acids is 2. The first kappa shape index (κ1) is 10.6. The van der Waals surface area contributed by atoms with Gasteiger partial charge < -0.3 is 9.59 Å². The summed E-state index contributed by atoms with van der Waals surface area (Å²) in [6.07, 6.45) is 7.29. The summed E-state index contributed by atoms with van der Waals surface area (Å²) in [6.45, 7) is 0. The number of hydrogen-bond acceptors (Lipinski definition) is 2. The molecule has 16 heavy (non-hydrogen) atoms. The minimum Gasteiger partial charge on any atom is -0.302 e. The van der Waals surface area contributed by atoms with Crippen LogP contribution in [-0.4, -0.2) is 12.6 Å². The second-order valence-electron chi connectivity index (χ2n) is 3.91. The van der Waals surface area contributed by atoms with E-state index in [4.69, 9.17) is 0 Å². The molecule has 0 unspecified atom stereocenters. The summed E-state index contributed by atoms with van der Waals surface area (Å²) >= 11 is 0. The molecule has 1 aliphatic carbocycles. The molecule has 1 aromatic carbocycles. The van der Waals surface area contributed by atoms with Crippen molar-refractivity contribution in [1.29, 1.82) is 0 Å². The first-order valence-electron chi connectivity index (χ1n) is 5.17. The Labute approximate surface area is 94.3 Å². The molecule has 0 aromatic heterocycles. The van der Waals surface area contributed by atoms with E-state index >= 15 is 0 Å². The van der Waals surface area contributed by atoms with Gasteiger partial charge in [0.15, 0.2) is 0 Å². The van der Waals surface area contributed by atoms with Gasteiger partial charge in [-0.25, -0.2) is 0 Å². The molecule has 0 radical (unpaired) electrons. The predicted molar refractivity (Wildman–Crippen MR) is 62.7 cm³/mol. The van der Waals surface area contributed by atoms with Crippen molar-refractivity contribution in [3.63, 3.8) is 0 Å². The van der Waals surface area contributed by atoms with E-state index in [9.17, 15) is 9.59 Å². The summed E-state index contributed by atoms with van der Waals surface area (Å²) in [4.78, 5) is 21.7. The Morgan fingerprint density at radius 2 is 1.75 bits per heavy atom. The summed E-state index contributed by atoms with van der Waals surface area (Å²) < 4.78 is 0. The van der Waals surface area contributed by atoms with Gasteiger partial charge in [0.05, 0.1) is 0 Å². The van der Waals surface area contributed by atoms with Crippen LogP contribution in [0.5, 0.6) is 0 Å². The highest BCUT2D eigenvalue weighted by Gasteiger charge is 2.27. The zero-order valence-electron chi connectivity index (χ0n) is 8.80. The quantitative estimate of drug-likeness (QED) is 0.569. The van der Waals surface area contributed by atoms with Crippen LogP contribution in [0.3, 0.4) is 0 Å². The first-order chi connectivity index (χ1) is 7.79. The van der Waals surface area contributed by atoms with Gasteiger partial charge in [-0.05, 0) is 17.6 Å². The molecule has 1 aliphatic rings. The number of rotatable bonds is 3. The lowest BCUT2D eigenvalue weighted by Gasteiger charge is -2.19. The number of allylic oxidation sites excluding steroid dienone is 4. The zero-order chi connectivity index (χ0) is 11.4. The van der Waals surface area contributed by atoms with E-state index in [1.54, 1.807) is 6.08 Å². The van der Waals surface area contributed by atoms with Crippen molar-refractivity contribution >= 4 is 18.1 Å². The topological polar surface area (TPSA) is 34.1 Å². The smallest absolute Gasteiger partial charge is 0.137 e. The zero-order valence-corrected chi connectivity index (χ0v) is 8.80. The van der Waals surface area contributed by atoms with Gasteiger partial charge in [-0.2, -0.15) is 0 Å². The highest BCUT2D eigenvalue weighted by atomic mass is 16.1. The van der Waals surface area contributed by atoms with Crippen LogP contribution < -0.4 is 0 Å². The van der Waals surface area contributed by atoms with Crippen LogP contribution >= 0.6 is 0 Å². The molecule has 0 saturated heterocycles. The second kappa shape index (κ2) is 4.27. The summed E-state index contributed by atoms with van der Waals surface area (Å²) in [5, 5.41) is 0. The Balaban J connectivity index is 2.26. The normalized spacial score (nSPS) is 17.6. The Morgan fingerprint density at radius 3 is 2.25 bits per heavy atom. The van der Waals surface area contributed by atoms with E-state index in [1.165, 1.54) is 0 Å². The average Bonchev–Trinajstić information content (AvgIpc) is 2.40. The molecule has 0 bridgehead atoms. The van der Waals surface area contributed by atoms with Crippen molar-refractivity contribution in [1.82, 2.24) is 0 Å². The van der Waals surface area contributed by atoms with E-state index in [1.807, 2.05) is 42.5 Å². The van der Waals surface area contributed by atoms with Crippen LogP contribution in [-0.2, 0) is 9.59 Å². The standard InChI is InChI=1S/C14H12O2/c15-10-14(11-16)8-6-13(7-9-14)12-4-2-1-3-5-12/h1-8,10-11H,9H2. The fraction of sp³-hybridized carbons (Fsp3) is 0.143. The monoisotopic (exact) mass is 212 g/mol. The van der Waals surface area contributed by atoms with Crippen LogP contribution in [0.25, 0.3) is 5.57 Å². The summed E-state index contributed by atoms with van der Waals surface area (Å²) in [6, 6.07) is 9.89. The number of carbonyl (C=O) groups is 2. The molecule has 0 fully saturated rings. The van der Waals surface area contributed by atoms with Gasteiger partial charge >= 0.3 is 0 Å². The molecule has 2 rings (SSSR count). The highest BCUT2D eigenvalue weighted by molar-refractivity contribution is 5.90. The van der Waals surface area contributed by atoms with Gasteiger partial charge in [-0.1, -0.05) is 48.6 Å². The van der Waals surface area contributed by atoms with E-state index in [2.05, 4.69) is 0 Å². The van der Waals surface area contributed by atoms with Crippen molar-refractivity contribution in [2.24, 2.45) is 5.41 Å². The molecule has 0 atom stereocenters. The largest absolute Gasteiger partial charge is 0.302 e. The second-order valence-corrected chi connectivity index (χ2v) is 3.91. The molecule has 0 spiro atoms. The molecule has 1 aromatic rings. The molecule has 0 saturated carbocycles. The Kier molecular flexibility index (Phi) is 2.82. The highest BCUT2D eigenvalue weighted by Crippen LogP contribution is 2.29. The molecule has 0 aliphatic heterocycles. The minimum atomic E-state index is -0.946. The third kappa shape index (κ3) is 1.87. The van der Waals surface area contributed by atoms with Crippen LogP contribution in [0.2, 0.25) is 0 Å². The Hall–Kier alpha value is -1.96. The van der Waals surface area contributed by atoms with Crippen LogP contribution in [0.1, 0.15) is 12.0 Å². The third-order valence-electron chi connectivity index (χ3n) is 2.79. The van der Waals surface area contributed by atoms with Gasteiger partial charge in [0.1, 0.15) is 18.0 Å². The van der Waals surface area contributed by atoms with E-state index < -0.39 is 5.41 Å². The fourth-order valence-electron chi connectivity index (χ4n) is 1.71. The first-order valence-corrected chi connectivity index (χ1v) is 5.17. The van der Waals surface area contributed by atoms with E-state index in [-0.39, 0.29) is 0 Å². The van der Waals surface area contributed by atoms with Gasteiger partial charge in [0.25, 0.3) is 0 Å². The molecule has 0 amide bonds. The van der Waals surface area contributed by atoms with Crippen molar-refractivity contribution in [2.75, 3.05) is 0 Å². The molecule has 2 heteroatoms. The lowest BCUT2D eigenvalue weighted by Crippen LogP contribution is -2.22. The van der Waals surface area contributed by atoms with Crippen molar-refractivity contribution in [3.8, 4) is 0 Å². The molecule has 2 nitrogen and oxygen atoms in total. The maximum atomic E-state index is 10.8. The van der Waals surface area contributed by atoms with Crippen molar-refractivity contribution < 1.29 is 9.59 Å². The summed E-state index contributed by atoms with van der Waals surface area (Å²) in [7, 11) is 0. The predicted octanol–water partition coefficient (Wildman–Crippen LogP) is 2.41. The van der Waals surface area contributed by atoms with Crippen LogP contribution in [0, 0.1) is 5.41 Å². The maximum Gasteiger partial charge on any atom is 0.137 e. The molecule has 0 heterocycles. The lowest BCUT2D eigenvalue weighted by atomic mass is 9.82. The Morgan fingerprint density at radius 1 is 1.06 bits per heavy atom. The fourth-order valence-corrected chi connectivity index (χ4v) is 1.71. The third-order valence-corrected chi connectivity index (χ3v) is 2.79. The lowest BCUT2D eigenvalue weighted by molar-refractivity contribution is -0.123. The van der Waals surface area contributed by atoms with E-state index in [0.29, 0.717) is 19.0 Å². The minimum absolute atomic E-state index is 0.445. The van der Waals surface area contributed by atoms with Gasteiger partial charge in [0, 0.05) is 0 Å². The maximum absolute atomic E-state index is 10.8. The van der Waals surface area contributed by atoms with Crippen LogP contribution in [0.4, 0.5) is 0 Å². The molecule has 0 N–H and O–H groups in total.